The van der Waals surface area contributed by atoms with Crippen molar-refractivity contribution in [2.75, 3.05) is 23.7 Å². The van der Waals surface area contributed by atoms with Crippen LogP contribution < -0.4 is 4.90 Å². The highest BCUT2D eigenvalue weighted by Gasteiger charge is 2.32. The minimum Gasteiger partial charge on any atom is -0.356 e. The molecule has 1 atom stereocenters. The lowest BCUT2D eigenvalue weighted by atomic mass is 10.3. The van der Waals surface area contributed by atoms with Crippen molar-refractivity contribution in [1.29, 1.82) is 0 Å². The quantitative estimate of drug-likeness (QED) is 0.589. The van der Waals surface area contributed by atoms with Gasteiger partial charge in [0.25, 0.3) is 0 Å². The van der Waals surface area contributed by atoms with Crippen molar-refractivity contribution in [2.45, 2.75) is 36.5 Å². The molecule has 1 aromatic heterocycles. The standard InChI is InChI=1S/C12H18ClN3OSSi/c1-19(2)7-4-16(5-8-19)11-10-9(3-6-18(10)17)14-12(13)15-11/h3-8H2,1-2H3. The molecule has 0 amide bonds. The van der Waals surface area contributed by atoms with Gasteiger partial charge in [0.1, 0.15) is 10.7 Å². The molecule has 0 N–H and O–H groups in total. The first-order valence-corrected chi connectivity index (χ1v) is 11.8. The summed E-state index contributed by atoms with van der Waals surface area (Å²) in [4.78, 5) is 11.7. The zero-order valence-corrected chi connectivity index (χ0v) is 13.9. The predicted octanol–water partition coefficient (Wildman–Crippen LogP) is 2.32. The van der Waals surface area contributed by atoms with E-state index in [1.54, 1.807) is 0 Å². The molecule has 0 saturated carbocycles. The largest absolute Gasteiger partial charge is 0.356 e. The molecule has 3 rings (SSSR count). The Morgan fingerprint density at radius 1 is 1.26 bits per heavy atom. The van der Waals surface area contributed by atoms with Gasteiger partial charge in [0.2, 0.25) is 5.28 Å². The van der Waals surface area contributed by atoms with Gasteiger partial charge in [0.05, 0.1) is 24.6 Å². The summed E-state index contributed by atoms with van der Waals surface area (Å²) >= 11 is 6.01. The summed E-state index contributed by atoms with van der Waals surface area (Å²) in [5, 5.41) is 0.287. The van der Waals surface area contributed by atoms with Crippen LogP contribution in [0.2, 0.25) is 30.5 Å². The van der Waals surface area contributed by atoms with Crippen LogP contribution >= 0.6 is 11.6 Å². The Balaban J connectivity index is 1.96. The number of halogens is 1. The summed E-state index contributed by atoms with van der Waals surface area (Å²) in [6, 6.07) is 2.52. The minimum atomic E-state index is -1.02. The van der Waals surface area contributed by atoms with E-state index in [0.29, 0.717) is 5.75 Å². The van der Waals surface area contributed by atoms with Gasteiger partial charge in [-0.1, -0.05) is 13.1 Å². The van der Waals surface area contributed by atoms with E-state index in [1.165, 1.54) is 12.1 Å². The number of aryl methyl sites for hydroxylation is 1. The van der Waals surface area contributed by atoms with Crippen LogP contribution in [0.1, 0.15) is 5.69 Å². The van der Waals surface area contributed by atoms with Gasteiger partial charge in [-0.25, -0.2) is 4.98 Å². The van der Waals surface area contributed by atoms with E-state index in [2.05, 4.69) is 28.0 Å². The Hall–Kier alpha value is -0.463. The molecular weight excluding hydrogens is 298 g/mol. The maximum absolute atomic E-state index is 12.1. The fourth-order valence-electron chi connectivity index (χ4n) is 2.69. The fraction of sp³-hybridized carbons (Fsp3) is 0.667. The third-order valence-electron chi connectivity index (χ3n) is 4.06. The summed E-state index contributed by atoms with van der Waals surface area (Å²) in [6.07, 6.45) is 0.755. The van der Waals surface area contributed by atoms with Crippen molar-refractivity contribution < 1.29 is 4.21 Å². The molecule has 1 fully saturated rings. The topological polar surface area (TPSA) is 46.1 Å². The first-order valence-electron chi connectivity index (χ1n) is 6.66. The second-order valence-electron chi connectivity index (χ2n) is 6.04. The zero-order valence-electron chi connectivity index (χ0n) is 11.3. The molecule has 19 heavy (non-hydrogen) atoms. The van der Waals surface area contributed by atoms with Gasteiger partial charge < -0.3 is 4.90 Å². The first kappa shape index (κ1) is 13.5. The Morgan fingerprint density at radius 2 is 1.95 bits per heavy atom. The zero-order chi connectivity index (χ0) is 13.6. The van der Waals surface area contributed by atoms with Gasteiger partial charge in [0, 0.05) is 25.3 Å². The Bertz CT molecular complexity index is 542. The van der Waals surface area contributed by atoms with Gasteiger partial charge in [-0.15, -0.1) is 0 Å². The van der Waals surface area contributed by atoms with Crippen LogP contribution in [0.5, 0.6) is 0 Å². The molecule has 0 aromatic carbocycles. The SMILES string of the molecule is C[Si]1(C)CCN(c2nc(Cl)nc3c2S(=O)CC3)CC1. The number of aromatic nitrogens is 2. The molecule has 7 heteroatoms. The summed E-state index contributed by atoms with van der Waals surface area (Å²) in [5.74, 6) is 1.49. The minimum absolute atomic E-state index is 0.287. The van der Waals surface area contributed by atoms with E-state index >= 15 is 0 Å². The third-order valence-corrected chi connectivity index (χ3v) is 8.83. The van der Waals surface area contributed by atoms with E-state index in [1.807, 2.05) is 0 Å². The number of hydrogen-bond acceptors (Lipinski definition) is 4. The van der Waals surface area contributed by atoms with E-state index in [4.69, 9.17) is 11.6 Å². The molecule has 0 radical (unpaired) electrons. The lowest BCUT2D eigenvalue weighted by Crippen LogP contribution is -2.43. The Morgan fingerprint density at radius 3 is 2.63 bits per heavy atom. The maximum Gasteiger partial charge on any atom is 0.224 e. The van der Waals surface area contributed by atoms with Crippen LogP contribution in [0.4, 0.5) is 5.82 Å². The van der Waals surface area contributed by atoms with Crippen molar-refractivity contribution >= 4 is 36.3 Å². The van der Waals surface area contributed by atoms with Crippen molar-refractivity contribution in [1.82, 2.24) is 9.97 Å². The Labute approximate surface area is 122 Å². The van der Waals surface area contributed by atoms with Crippen LogP contribution in [0.25, 0.3) is 0 Å². The molecule has 1 aromatic rings. The van der Waals surface area contributed by atoms with Crippen molar-refractivity contribution in [2.24, 2.45) is 0 Å². The molecule has 0 bridgehead atoms. The predicted molar refractivity (Wildman–Crippen MR) is 81.3 cm³/mol. The molecule has 0 spiro atoms. The molecule has 0 aliphatic carbocycles. The van der Waals surface area contributed by atoms with E-state index in [-0.39, 0.29) is 5.28 Å². The summed E-state index contributed by atoms with van der Waals surface area (Å²) in [7, 11) is -1.97. The molecule has 104 valence electrons. The normalized spacial score (nSPS) is 25.4. The molecule has 2 aliphatic heterocycles. The summed E-state index contributed by atoms with van der Waals surface area (Å²) in [6.45, 7) is 6.88. The van der Waals surface area contributed by atoms with Gasteiger partial charge in [-0.3, -0.25) is 4.21 Å². The van der Waals surface area contributed by atoms with Crippen LogP contribution in [-0.2, 0) is 17.2 Å². The van der Waals surface area contributed by atoms with Gasteiger partial charge >= 0.3 is 0 Å². The number of hydrogen-bond donors (Lipinski definition) is 0. The molecule has 2 aliphatic rings. The van der Waals surface area contributed by atoms with Gasteiger partial charge in [-0.05, 0) is 23.7 Å². The molecule has 3 heterocycles. The summed E-state index contributed by atoms with van der Waals surface area (Å²) in [5.41, 5.74) is 0.885. The highest BCUT2D eigenvalue weighted by Crippen LogP contribution is 2.34. The van der Waals surface area contributed by atoms with Crippen LogP contribution in [0, 0.1) is 0 Å². The van der Waals surface area contributed by atoms with Crippen molar-refractivity contribution in [3.63, 3.8) is 0 Å². The molecular formula is C12H18ClN3OSSi. The first-order chi connectivity index (χ1) is 8.96. The van der Waals surface area contributed by atoms with E-state index in [0.717, 1.165) is 35.9 Å². The van der Waals surface area contributed by atoms with Crippen molar-refractivity contribution in [3.8, 4) is 0 Å². The highest BCUT2D eigenvalue weighted by atomic mass is 35.5. The second-order valence-corrected chi connectivity index (χ2v) is 13.2. The van der Waals surface area contributed by atoms with E-state index < -0.39 is 18.9 Å². The number of rotatable bonds is 1. The summed E-state index contributed by atoms with van der Waals surface area (Å²) < 4.78 is 12.1. The smallest absolute Gasteiger partial charge is 0.224 e. The average molecular weight is 316 g/mol. The lowest BCUT2D eigenvalue weighted by molar-refractivity contribution is 0.684. The molecule has 1 saturated heterocycles. The molecule has 4 nitrogen and oxygen atoms in total. The number of nitrogens with zero attached hydrogens (tertiary/aromatic N) is 3. The van der Waals surface area contributed by atoms with E-state index in [9.17, 15) is 4.21 Å². The highest BCUT2D eigenvalue weighted by molar-refractivity contribution is 7.85. The second kappa shape index (κ2) is 4.82. The van der Waals surface area contributed by atoms with Crippen molar-refractivity contribution in [3.05, 3.63) is 11.0 Å². The van der Waals surface area contributed by atoms with Gasteiger partial charge in [0.15, 0.2) is 0 Å². The van der Waals surface area contributed by atoms with Crippen LogP contribution in [-0.4, -0.2) is 41.1 Å². The maximum atomic E-state index is 12.1. The van der Waals surface area contributed by atoms with Gasteiger partial charge in [-0.2, -0.15) is 4.98 Å². The fourth-order valence-corrected chi connectivity index (χ4v) is 6.24. The average Bonchev–Trinajstić information content (AvgIpc) is 2.70. The van der Waals surface area contributed by atoms with Crippen LogP contribution in [0.15, 0.2) is 4.90 Å². The number of fused-ring (bicyclic) bond motifs is 1. The number of anilines is 1. The lowest BCUT2D eigenvalue weighted by Gasteiger charge is -2.36. The van der Waals surface area contributed by atoms with Crippen LogP contribution in [0.3, 0.4) is 0 Å². The molecule has 1 unspecified atom stereocenters. The monoisotopic (exact) mass is 315 g/mol. The Kier molecular flexibility index (Phi) is 3.43. The third kappa shape index (κ3) is 2.58.